The van der Waals surface area contributed by atoms with Gasteiger partial charge in [-0.1, -0.05) is 31.5 Å². The highest BCUT2D eigenvalue weighted by atomic mass is 16.6. The van der Waals surface area contributed by atoms with Crippen LogP contribution in [-0.4, -0.2) is 27.2 Å². The van der Waals surface area contributed by atoms with Gasteiger partial charge < -0.3 is 9.94 Å². The lowest BCUT2D eigenvalue weighted by Crippen LogP contribution is -2.57. The molecule has 5 rings (SSSR count). The van der Waals surface area contributed by atoms with Crippen molar-refractivity contribution in [3.05, 3.63) is 41.2 Å². The van der Waals surface area contributed by atoms with Crippen LogP contribution in [0.25, 0.3) is 0 Å². The Morgan fingerprint density at radius 3 is 2.71 bits per heavy atom. The molecule has 4 aliphatic rings. The second kappa shape index (κ2) is 8.29. The maximum atomic E-state index is 12.5. The van der Waals surface area contributed by atoms with Crippen molar-refractivity contribution < 1.29 is 14.7 Å². The van der Waals surface area contributed by atoms with Crippen LogP contribution in [0.2, 0.25) is 0 Å². The van der Waals surface area contributed by atoms with E-state index in [-0.39, 0.29) is 16.6 Å². The Kier molecular flexibility index (Phi) is 5.78. The second-order valence-electron chi connectivity index (χ2n) is 12.2. The van der Waals surface area contributed by atoms with Crippen LogP contribution in [0.1, 0.15) is 83.8 Å². The fourth-order valence-electron chi connectivity index (χ4n) is 8.55. The van der Waals surface area contributed by atoms with E-state index in [0.717, 1.165) is 55.4 Å². The summed E-state index contributed by atoms with van der Waals surface area (Å²) in [6.45, 7) is 11.1. The summed E-state index contributed by atoms with van der Waals surface area (Å²) in [6, 6.07) is 2.08. The zero-order valence-electron chi connectivity index (χ0n) is 21.4. The van der Waals surface area contributed by atoms with Gasteiger partial charge in [-0.2, -0.15) is 0 Å². The van der Waals surface area contributed by atoms with E-state index >= 15 is 0 Å². The SMILES string of the molecule is CC(=O)[C@@]1(O)CC[C@H]2[C@@H]3C[C@H](C)C4=C/C(=N/OCc5cncc(C)c5)CC[C@]4(C)[C@H]3CC[C@@]21C. The Morgan fingerprint density at radius 2 is 1.97 bits per heavy atom. The number of allylic oxidation sites excluding steroid dienone is 2. The van der Waals surface area contributed by atoms with E-state index in [0.29, 0.717) is 36.7 Å². The van der Waals surface area contributed by atoms with Gasteiger partial charge in [0.15, 0.2) is 5.78 Å². The minimum absolute atomic E-state index is 0.0356. The van der Waals surface area contributed by atoms with Crippen LogP contribution < -0.4 is 0 Å². The first-order chi connectivity index (χ1) is 16.1. The molecule has 34 heavy (non-hydrogen) atoms. The molecule has 0 spiro atoms. The molecule has 4 aliphatic carbocycles. The maximum Gasteiger partial charge on any atom is 0.161 e. The van der Waals surface area contributed by atoms with Gasteiger partial charge in [-0.05, 0) is 106 Å². The molecule has 1 aromatic rings. The largest absolute Gasteiger partial charge is 0.391 e. The predicted octanol–water partition coefficient (Wildman–Crippen LogP) is 5.79. The maximum absolute atomic E-state index is 12.5. The third-order valence-electron chi connectivity index (χ3n) is 10.4. The third kappa shape index (κ3) is 3.49. The normalized spacial score (nSPS) is 42.4. The molecule has 5 nitrogen and oxygen atoms in total. The molecule has 0 saturated heterocycles. The van der Waals surface area contributed by atoms with Crippen LogP contribution in [-0.2, 0) is 16.2 Å². The van der Waals surface area contributed by atoms with Crippen molar-refractivity contribution in [3.63, 3.8) is 0 Å². The Labute approximate surface area is 204 Å². The zero-order chi connectivity index (χ0) is 24.3. The van der Waals surface area contributed by atoms with Crippen molar-refractivity contribution in [2.75, 3.05) is 0 Å². The van der Waals surface area contributed by atoms with E-state index < -0.39 is 5.60 Å². The number of pyridine rings is 1. The monoisotopic (exact) mass is 464 g/mol. The molecule has 0 aliphatic heterocycles. The standard InChI is InChI=1S/C29H40N2O3/c1-18-12-21(16-30-15-18)17-34-31-22-6-9-27(4)24-7-10-28(5)25(8-11-29(28,33)20(3)32)23(24)13-19(2)26(27)14-22/h12,14-16,19,23-25,33H,6-11,13,17H2,1-5H3/b31-22+/t19-,23+,24-,25-,27+,28-,29-/m0/s1. The highest BCUT2D eigenvalue weighted by Crippen LogP contribution is 2.68. The molecular formula is C29H40N2O3. The van der Waals surface area contributed by atoms with Gasteiger partial charge in [-0.25, -0.2) is 0 Å². The van der Waals surface area contributed by atoms with Gasteiger partial charge in [0.2, 0.25) is 0 Å². The van der Waals surface area contributed by atoms with E-state index in [4.69, 9.17) is 4.84 Å². The molecule has 0 unspecified atom stereocenters. The number of carbonyl (C=O) groups excluding carboxylic acids is 1. The van der Waals surface area contributed by atoms with Crippen molar-refractivity contribution >= 4 is 11.5 Å². The van der Waals surface area contributed by atoms with Crippen molar-refractivity contribution in [3.8, 4) is 0 Å². The van der Waals surface area contributed by atoms with Gasteiger partial charge in [0.1, 0.15) is 12.2 Å². The molecule has 7 atom stereocenters. The number of hydrogen-bond acceptors (Lipinski definition) is 5. The fraction of sp³-hybridized carbons (Fsp3) is 0.690. The molecule has 3 saturated carbocycles. The van der Waals surface area contributed by atoms with Crippen molar-refractivity contribution in [2.45, 2.75) is 91.8 Å². The van der Waals surface area contributed by atoms with E-state index in [1.165, 1.54) is 5.57 Å². The number of ketones is 1. The minimum atomic E-state index is -1.14. The first kappa shape index (κ1) is 23.7. The Bertz CT molecular complexity index is 1050. The number of nitrogens with zero attached hydrogens (tertiary/aromatic N) is 2. The van der Waals surface area contributed by atoms with E-state index in [9.17, 15) is 9.90 Å². The zero-order valence-corrected chi connectivity index (χ0v) is 21.4. The van der Waals surface area contributed by atoms with E-state index in [1.54, 1.807) is 6.92 Å². The molecule has 1 aromatic heterocycles. The van der Waals surface area contributed by atoms with Gasteiger partial charge in [-0.3, -0.25) is 9.78 Å². The summed E-state index contributed by atoms with van der Waals surface area (Å²) in [6.07, 6.45) is 12.8. The van der Waals surface area contributed by atoms with Gasteiger partial charge in [0.25, 0.3) is 0 Å². The quantitative estimate of drug-likeness (QED) is 0.572. The number of carbonyl (C=O) groups is 1. The summed E-state index contributed by atoms with van der Waals surface area (Å²) in [5.74, 6) is 2.07. The minimum Gasteiger partial charge on any atom is -0.391 e. The van der Waals surface area contributed by atoms with Crippen molar-refractivity contribution in [2.24, 2.45) is 39.7 Å². The Hall–Kier alpha value is -2.01. The Balaban J connectivity index is 1.36. The average molecular weight is 465 g/mol. The van der Waals surface area contributed by atoms with Crippen LogP contribution >= 0.6 is 0 Å². The number of aryl methyl sites for hydroxylation is 1. The number of oxime groups is 1. The van der Waals surface area contributed by atoms with Crippen LogP contribution in [0.3, 0.4) is 0 Å². The molecule has 3 fully saturated rings. The lowest BCUT2D eigenvalue weighted by Gasteiger charge is -2.60. The highest BCUT2D eigenvalue weighted by Gasteiger charge is 2.66. The Morgan fingerprint density at radius 1 is 1.21 bits per heavy atom. The van der Waals surface area contributed by atoms with Crippen LogP contribution in [0.5, 0.6) is 0 Å². The average Bonchev–Trinajstić information content (AvgIpc) is 3.07. The topological polar surface area (TPSA) is 71.8 Å². The molecule has 0 bridgehead atoms. The molecule has 5 heteroatoms. The van der Waals surface area contributed by atoms with Gasteiger partial charge in [-0.15, -0.1) is 0 Å². The van der Waals surface area contributed by atoms with Gasteiger partial charge >= 0.3 is 0 Å². The predicted molar refractivity (Wildman–Crippen MR) is 133 cm³/mol. The molecule has 1 N–H and O–H groups in total. The number of aliphatic hydroxyl groups is 1. The summed E-state index contributed by atoms with van der Waals surface area (Å²) in [7, 11) is 0. The summed E-state index contributed by atoms with van der Waals surface area (Å²) in [5, 5.41) is 15.9. The smallest absolute Gasteiger partial charge is 0.161 e. The van der Waals surface area contributed by atoms with Gasteiger partial charge in [0.05, 0.1) is 5.71 Å². The van der Waals surface area contributed by atoms with Crippen molar-refractivity contribution in [1.29, 1.82) is 0 Å². The molecule has 0 aromatic carbocycles. The molecular weight excluding hydrogens is 424 g/mol. The number of hydrogen-bond donors (Lipinski definition) is 1. The summed E-state index contributed by atoms with van der Waals surface area (Å²) < 4.78 is 0. The lowest BCUT2D eigenvalue weighted by molar-refractivity contribution is -0.160. The molecule has 184 valence electrons. The molecule has 1 heterocycles. The number of aromatic nitrogens is 1. The highest BCUT2D eigenvalue weighted by molar-refractivity contribution is 5.96. The summed E-state index contributed by atoms with van der Waals surface area (Å²) in [5.41, 5.74) is 3.49. The van der Waals surface area contributed by atoms with Crippen molar-refractivity contribution in [1.82, 2.24) is 4.98 Å². The van der Waals surface area contributed by atoms with E-state index in [2.05, 4.69) is 43.1 Å². The fourth-order valence-corrected chi connectivity index (χ4v) is 8.55. The number of fused-ring (bicyclic) bond motifs is 5. The van der Waals surface area contributed by atoms with Crippen LogP contribution in [0.4, 0.5) is 0 Å². The third-order valence-corrected chi connectivity index (χ3v) is 10.4. The molecule has 0 radical (unpaired) electrons. The summed E-state index contributed by atoms with van der Waals surface area (Å²) >= 11 is 0. The van der Waals surface area contributed by atoms with Crippen LogP contribution in [0.15, 0.2) is 35.3 Å². The van der Waals surface area contributed by atoms with Gasteiger partial charge in [0, 0.05) is 23.4 Å². The summed E-state index contributed by atoms with van der Waals surface area (Å²) in [4.78, 5) is 22.4. The van der Waals surface area contributed by atoms with Crippen LogP contribution in [0, 0.1) is 41.4 Å². The first-order valence-corrected chi connectivity index (χ1v) is 13.1. The first-order valence-electron chi connectivity index (χ1n) is 13.1. The lowest BCUT2D eigenvalue weighted by atomic mass is 9.44. The molecule has 0 amide bonds. The van der Waals surface area contributed by atoms with E-state index in [1.807, 2.05) is 19.3 Å². The number of rotatable bonds is 4. The second-order valence-corrected chi connectivity index (χ2v) is 12.2. The number of Topliss-reactive ketones (excluding diaryl/α,β-unsaturated/α-hetero) is 1.